The lowest BCUT2D eigenvalue weighted by Crippen LogP contribution is -2.09. The lowest BCUT2D eigenvalue weighted by atomic mass is 10.2. The smallest absolute Gasteiger partial charge is 0.136 e. The number of nitrogens with zero attached hydrogens (tertiary/aromatic N) is 1. The molecule has 0 aliphatic rings. The molecule has 70 valence electrons. The highest BCUT2D eigenvalue weighted by molar-refractivity contribution is 9.10. The Balaban J connectivity index is 2.93. The van der Waals surface area contributed by atoms with Crippen LogP contribution in [0.2, 0.25) is 5.15 Å². The number of aromatic nitrogens is 1. The van der Waals surface area contributed by atoms with E-state index in [0.29, 0.717) is 5.15 Å². The maximum Gasteiger partial charge on any atom is 0.136 e. The minimum Gasteiger partial charge on any atom is -0.325 e. The van der Waals surface area contributed by atoms with Crippen LogP contribution in [-0.2, 0) is 0 Å². The summed E-state index contributed by atoms with van der Waals surface area (Å²) in [6, 6.07) is 1.92. The Morgan fingerprint density at radius 3 is 3.00 bits per heavy atom. The number of pyridine rings is 1. The van der Waals surface area contributed by atoms with Crippen LogP contribution in [0.25, 0.3) is 6.08 Å². The maximum absolute atomic E-state index is 5.86. The molecule has 0 saturated carbocycles. The van der Waals surface area contributed by atoms with Gasteiger partial charge in [0.15, 0.2) is 0 Å². The van der Waals surface area contributed by atoms with Crippen LogP contribution in [0.3, 0.4) is 0 Å². The number of nitrogens with two attached hydrogens (primary N) is 1. The molecular weight excluding hydrogens is 251 g/mol. The normalized spacial score (nSPS) is 13.5. The Morgan fingerprint density at radius 1 is 1.69 bits per heavy atom. The first-order valence-corrected chi connectivity index (χ1v) is 5.01. The summed E-state index contributed by atoms with van der Waals surface area (Å²) in [7, 11) is 0. The molecule has 2 nitrogen and oxygen atoms in total. The lowest BCUT2D eigenvalue weighted by molar-refractivity contribution is 0.930. The van der Waals surface area contributed by atoms with Gasteiger partial charge in [-0.2, -0.15) is 0 Å². The highest BCUT2D eigenvalue weighted by Crippen LogP contribution is 2.19. The Labute approximate surface area is 90.9 Å². The number of hydrogen-bond acceptors (Lipinski definition) is 2. The van der Waals surface area contributed by atoms with Crippen molar-refractivity contribution in [1.82, 2.24) is 4.98 Å². The summed E-state index contributed by atoms with van der Waals surface area (Å²) in [5.74, 6) is 0. The topological polar surface area (TPSA) is 38.9 Å². The first-order chi connectivity index (χ1) is 6.09. The molecule has 1 unspecified atom stereocenters. The van der Waals surface area contributed by atoms with Crippen molar-refractivity contribution in [3.05, 3.63) is 33.5 Å². The third kappa shape index (κ3) is 3.46. The van der Waals surface area contributed by atoms with Gasteiger partial charge in [0.05, 0.1) is 0 Å². The number of hydrogen-bond donors (Lipinski definition) is 1. The summed E-state index contributed by atoms with van der Waals surface area (Å²) in [5, 5.41) is 0.486. The van der Waals surface area contributed by atoms with E-state index in [-0.39, 0.29) is 6.04 Å². The molecule has 1 aromatic rings. The molecule has 0 aromatic carbocycles. The van der Waals surface area contributed by atoms with Crippen LogP contribution in [0.1, 0.15) is 12.5 Å². The van der Waals surface area contributed by atoms with Crippen LogP contribution in [0.15, 0.2) is 22.8 Å². The van der Waals surface area contributed by atoms with Gasteiger partial charge < -0.3 is 5.73 Å². The van der Waals surface area contributed by atoms with Crippen molar-refractivity contribution in [3.63, 3.8) is 0 Å². The van der Waals surface area contributed by atoms with Crippen LogP contribution in [0.5, 0.6) is 0 Å². The van der Waals surface area contributed by atoms with Gasteiger partial charge in [-0.05, 0) is 28.9 Å². The molecule has 1 aromatic heterocycles. The monoisotopic (exact) mass is 260 g/mol. The fourth-order valence-electron chi connectivity index (χ4n) is 0.811. The largest absolute Gasteiger partial charge is 0.325 e. The average Bonchev–Trinajstić information content (AvgIpc) is 2.06. The molecule has 0 saturated heterocycles. The maximum atomic E-state index is 5.86. The van der Waals surface area contributed by atoms with E-state index in [1.807, 2.05) is 25.1 Å². The van der Waals surface area contributed by atoms with E-state index in [9.17, 15) is 0 Å². The van der Waals surface area contributed by atoms with Crippen LogP contribution < -0.4 is 5.73 Å². The van der Waals surface area contributed by atoms with Gasteiger partial charge in [-0.3, -0.25) is 0 Å². The molecule has 1 rings (SSSR count). The summed E-state index contributed by atoms with van der Waals surface area (Å²) in [6.07, 6.45) is 5.39. The second-order valence-electron chi connectivity index (χ2n) is 2.75. The van der Waals surface area contributed by atoms with E-state index in [4.69, 9.17) is 17.3 Å². The molecule has 2 N–H and O–H groups in total. The van der Waals surface area contributed by atoms with E-state index < -0.39 is 0 Å². The van der Waals surface area contributed by atoms with Gasteiger partial charge in [0.2, 0.25) is 0 Å². The third-order valence-electron chi connectivity index (χ3n) is 1.41. The zero-order valence-electron chi connectivity index (χ0n) is 7.17. The van der Waals surface area contributed by atoms with E-state index >= 15 is 0 Å². The van der Waals surface area contributed by atoms with Crippen molar-refractivity contribution in [3.8, 4) is 0 Å². The zero-order chi connectivity index (χ0) is 9.84. The highest BCUT2D eigenvalue weighted by Gasteiger charge is 1.98. The van der Waals surface area contributed by atoms with Gasteiger partial charge in [0, 0.05) is 22.3 Å². The van der Waals surface area contributed by atoms with E-state index in [1.54, 1.807) is 6.20 Å². The van der Waals surface area contributed by atoms with E-state index in [2.05, 4.69) is 20.9 Å². The van der Waals surface area contributed by atoms with Crippen molar-refractivity contribution in [2.75, 3.05) is 0 Å². The van der Waals surface area contributed by atoms with Gasteiger partial charge in [-0.15, -0.1) is 0 Å². The van der Waals surface area contributed by atoms with Crippen molar-refractivity contribution in [2.45, 2.75) is 13.0 Å². The summed E-state index contributed by atoms with van der Waals surface area (Å²) in [5.41, 5.74) is 6.44. The summed E-state index contributed by atoms with van der Waals surface area (Å²) >= 11 is 9.17. The van der Waals surface area contributed by atoms with E-state index in [0.717, 1.165) is 10.0 Å². The second kappa shape index (κ2) is 4.74. The summed E-state index contributed by atoms with van der Waals surface area (Å²) in [4.78, 5) is 3.98. The van der Waals surface area contributed by atoms with Crippen molar-refractivity contribution in [2.24, 2.45) is 5.73 Å². The van der Waals surface area contributed by atoms with Crippen LogP contribution in [-0.4, -0.2) is 11.0 Å². The van der Waals surface area contributed by atoms with Crippen molar-refractivity contribution >= 4 is 33.6 Å². The van der Waals surface area contributed by atoms with Gasteiger partial charge >= 0.3 is 0 Å². The third-order valence-corrected chi connectivity index (χ3v) is 2.16. The molecule has 1 heterocycles. The van der Waals surface area contributed by atoms with Gasteiger partial charge in [0.25, 0.3) is 0 Å². The SMILES string of the molecule is CC(N)/C=C/c1cc(Br)cnc1Cl. The molecule has 0 amide bonds. The summed E-state index contributed by atoms with van der Waals surface area (Å²) in [6.45, 7) is 1.90. The predicted octanol–water partition coefficient (Wildman–Crippen LogP) is 2.86. The second-order valence-corrected chi connectivity index (χ2v) is 4.03. The molecule has 0 fully saturated rings. The molecule has 0 aliphatic heterocycles. The number of halogens is 2. The quantitative estimate of drug-likeness (QED) is 0.832. The van der Waals surface area contributed by atoms with Gasteiger partial charge in [0.1, 0.15) is 5.15 Å². The van der Waals surface area contributed by atoms with E-state index in [1.165, 1.54) is 0 Å². The zero-order valence-corrected chi connectivity index (χ0v) is 9.51. The molecule has 13 heavy (non-hydrogen) atoms. The Kier molecular flexibility index (Phi) is 3.90. The fraction of sp³-hybridized carbons (Fsp3) is 0.222. The fourth-order valence-corrected chi connectivity index (χ4v) is 1.33. The van der Waals surface area contributed by atoms with Crippen molar-refractivity contribution < 1.29 is 0 Å². The first kappa shape index (κ1) is 10.7. The average molecular weight is 262 g/mol. The molecule has 0 radical (unpaired) electrons. The van der Waals surface area contributed by atoms with Crippen LogP contribution in [0.4, 0.5) is 0 Å². The predicted molar refractivity (Wildman–Crippen MR) is 59.6 cm³/mol. The molecular formula is C9H10BrClN2. The van der Waals surface area contributed by atoms with Gasteiger partial charge in [-0.25, -0.2) is 4.98 Å². The molecule has 0 aliphatic carbocycles. The molecule has 1 atom stereocenters. The lowest BCUT2D eigenvalue weighted by Gasteiger charge is -1.99. The first-order valence-electron chi connectivity index (χ1n) is 3.84. The minimum atomic E-state index is 0.0232. The Bertz CT molecular complexity index is 323. The van der Waals surface area contributed by atoms with Crippen LogP contribution >= 0.6 is 27.5 Å². The minimum absolute atomic E-state index is 0.0232. The van der Waals surface area contributed by atoms with Gasteiger partial charge in [-0.1, -0.05) is 23.8 Å². The molecule has 4 heteroatoms. The molecule has 0 bridgehead atoms. The Hall–Kier alpha value is -0.380. The van der Waals surface area contributed by atoms with Crippen LogP contribution in [0, 0.1) is 0 Å². The Morgan fingerprint density at radius 2 is 2.38 bits per heavy atom. The summed E-state index contributed by atoms with van der Waals surface area (Å²) < 4.78 is 0.904. The highest BCUT2D eigenvalue weighted by atomic mass is 79.9. The standard InChI is InChI=1S/C9H10BrClN2/c1-6(12)2-3-7-4-8(10)5-13-9(7)11/h2-6H,12H2,1H3/b3-2+. The van der Waals surface area contributed by atoms with Crippen molar-refractivity contribution in [1.29, 1.82) is 0 Å². The molecule has 0 spiro atoms. The number of rotatable bonds is 2.